The van der Waals surface area contributed by atoms with E-state index in [-0.39, 0.29) is 24.0 Å². The Morgan fingerprint density at radius 1 is 1.45 bits per heavy atom. The number of benzene rings is 1. The van der Waals surface area contributed by atoms with Crippen molar-refractivity contribution in [2.45, 2.75) is 32.2 Å². The Morgan fingerprint density at radius 3 is 2.95 bits per heavy atom. The highest BCUT2D eigenvalue weighted by atomic mass is 16.5. The van der Waals surface area contributed by atoms with Gasteiger partial charge in [0.15, 0.2) is 0 Å². The van der Waals surface area contributed by atoms with Gasteiger partial charge in [-0.25, -0.2) is 4.79 Å². The number of amides is 1. The van der Waals surface area contributed by atoms with Gasteiger partial charge in [0.2, 0.25) is 5.91 Å². The minimum Gasteiger partial charge on any atom is -0.508 e. The van der Waals surface area contributed by atoms with E-state index in [1.54, 1.807) is 36.1 Å². The first kappa shape index (κ1) is 14.4. The SMILES string of the molecule is CCOC(=O)C1CCCN1C(=O)Cc1cccc(O)c1. The summed E-state index contributed by atoms with van der Waals surface area (Å²) in [4.78, 5) is 25.7. The van der Waals surface area contributed by atoms with Crippen LogP contribution in [-0.2, 0) is 20.7 Å². The molecule has 1 aromatic carbocycles. The van der Waals surface area contributed by atoms with E-state index in [0.717, 1.165) is 12.0 Å². The molecule has 1 aliphatic rings. The molecule has 0 spiro atoms. The molecule has 1 fully saturated rings. The van der Waals surface area contributed by atoms with E-state index in [2.05, 4.69) is 0 Å². The smallest absolute Gasteiger partial charge is 0.328 e. The number of phenolic OH excluding ortho intramolecular Hbond substituents is 1. The molecule has 108 valence electrons. The summed E-state index contributed by atoms with van der Waals surface area (Å²) in [6.45, 7) is 2.66. The second kappa shape index (κ2) is 6.41. The number of aromatic hydroxyl groups is 1. The molecule has 0 aliphatic carbocycles. The predicted molar refractivity (Wildman–Crippen MR) is 73.2 cm³/mol. The van der Waals surface area contributed by atoms with E-state index in [4.69, 9.17) is 4.74 Å². The standard InChI is InChI=1S/C15H19NO4/c1-2-20-15(19)13-7-4-8-16(13)14(18)10-11-5-3-6-12(17)9-11/h3,5-6,9,13,17H,2,4,7-8,10H2,1H3. The molecule has 1 N–H and O–H groups in total. The average molecular weight is 277 g/mol. The third kappa shape index (κ3) is 3.29. The van der Waals surface area contributed by atoms with Gasteiger partial charge in [-0.05, 0) is 37.5 Å². The topological polar surface area (TPSA) is 66.8 Å². The van der Waals surface area contributed by atoms with E-state index in [1.807, 2.05) is 0 Å². The van der Waals surface area contributed by atoms with Crippen molar-refractivity contribution in [2.24, 2.45) is 0 Å². The largest absolute Gasteiger partial charge is 0.508 e. The summed E-state index contributed by atoms with van der Waals surface area (Å²) in [7, 11) is 0. The van der Waals surface area contributed by atoms with Crippen molar-refractivity contribution in [3.8, 4) is 5.75 Å². The maximum absolute atomic E-state index is 12.3. The third-order valence-electron chi connectivity index (χ3n) is 3.40. The van der Waals surface area contributed by atoms with Crippen LogP contribution in [0.1, 0.15) is 25.3 Å². The zero-order valence-corrected chi connectivity index (χ0v) is 11.5. The van der Waals surface area contributed by atoms with Crippen LogP contribution in [0.25, 0.3) is 0 Å². The Morgan fingerprint density at radius 2 is 2.25 bits per heavy atom. The van der Waals surface area contributed by atoms with Gasteiger partial charge >= 0.3 is 5.97 Å². The highest BCUT2D eigenvalue weighted by Gasteiger charge is 2.34. The van der Waals surface area contributed by atoms with Gasteiger partial charge < -0.3 is 14.7 Å². The molecule has 0 radical (unpaired) electrons. The molecule has 20 heavy (non-hydrogen) atoms. The van der Waals surface area contributed by atoms with Crippen LogP contribution in [0.4, 0.5) is 0 Å². The molecule has 1 aromatic rings. The monoisotopic (exact) mass is 277 g/mol. The second-order valence-electron chi connectivity index (χ2n) is 4.84. The maximum atomic E-state index is 12.3. The van der Waals surface area contributed by atoms with Crippen LogP contribution in [0.2, 0.25) is 0 Å². The number of nitrogens with zero attached hydrogens (tertiary/aromatic N) is 1. The Bertz CT molecular complexity index is 500. The summed E-state index contributed by atoms with van der Waals surface area (Å²) < 4.78 is 5.00. The van der Waals surface area contributed by atoms with Gasteiger partial charge in [0.25, 0.3) is 0 Å². The third-order valence-corrected chi connectivity index (χ3v) is 3.40. The molecule has 1 heterocycles. The number of carbonyl (C=O) groups is 2. The molecule has 0 bridgehead atoms. The highest BCUT2D eigenvalue weighted by Crippen LogP contribution is 2.20. The Hall–Kier alpha value is -2.04. The number of phenols is 1. The van der Waals surface area contributed by atoms with Crippen LogP contribution >= 0.6 is 0 Å². The maximum Gasteiger partial charge on any atom is 0.328 e. The zero-order chi connectivity index (χ0) is 14.5. The van der Waals surface area contributed by atoms with Crippen LogP contribution in [0.5, 0.6) is 5.75 Å². The molecule has 0 aromatic heterocycles. The first-order valence-electron chi connectivity index (χ1n) is 6.86. The first-order valence-corrected chi connectivity index (χ1v) is 6.86. The number of hydrogen-bond donors (Lipinski definition) is 1. The molecule has 1 aliphatic heterocycles. The van der Waals surface area contributed by atoms with Crippen LogP contribution in [-0.4, -0.2) is 41.1 Å². The second-order valence-corrected chi connectivity index (χ2v) is 4.84. The molecule has 2 rings (SSSR count). The zero-order valence-electron chi connectivity index (χ0n) is 11.5. The molecule has 0 saturated carbocycles. The van der Waals surface area contributed by atoms with Crippen molar-refractivity contribution in [1.82, 2.24) is 4.90 Å². The number of esters is 1. The van der Waals surface area contributed by atoms with E-state index in [1.165, 1.54) is 0 Å². The van der Waals surface area contributed by atoms with E-state index >= 15 is 0 Å². The first-order chi connectivity index (χ1) is 9.61. The number of carbonyl (C=O) groups excluding carboxylic acids is 2. The molecule has 1 amide bonds. The van der Waals surface area contributed by atoms with Gasteiger partial charge in [-0.1, -0.05) is 12.1 Å². The molecular weight excluding hydrogens is 258 g/mol. The van der Waals surface area contributed by atoms with Crippen LogP contribution < -0.4 is 0 Å². The lowest BCUT2D eigenvalue weighted by atomic mass is 10.1. The van der Waals surface area contributed by atoms with Gasteiger partial charge in [-0.2, -0.15) is 0 Å². The summed E-state index contributed by atoms with van der Waals surface area (Å²) >= 11 is 0. The van der Waals surface area contributed by atoms with Gasteiger partial charge in [-0.15, -0.1) is 0 Å². The Kier molecular flexibility index (Phi) is 4.61. The normalized spacial score (nSPS) is 18.1. The molecule has 1 atom stereocenters. The van der Waals surface area contributed by atoms with Crippen molar-refractivity contribution in [2.75, 3.05) is 13.2 Å². The summed E-state index contributed by atoms with van der Waals surface area (Å²) in [5.74, 6) is -0.293. The Balaban J connectivity index is 2.02. The summed E-state index contributed by atoms with van der Waals surface area (Å²) in [5.41, 5.74) is 0.740. The van der Waals surface area contributed by atoms with Crippen LogP contribution in [0.15, 0.2) is 24.3 Å². The lowest BCUT2D eigenvalue weighted by Gasteiger charge is -2.23. The van der Waals surface area contributed by atoms with Crippen molar-refractivity contribution in [3.63, 3.8) is 0 Å². The van der Waals surface area contributed by atoms with Gasteiger partial charge in [-0.3, -0.25) is 4.79 Å². The Labute approximate surface area is 118 Å². The number of likely N-dealkylation sites (tertiary alicyclic amines) is 1. The number of rotatable bonds is 4. The summed E-state index contributed by atoms with van der Waals surface area (Å²) in [5, 5.41) is 9.40. The summed E-state index contributed by atoms with van der Waals surface area (Å²) in [6.07, 6.45) is 1.66. The summed E-state index contributed by atoms with van der Waals surface area (Å²) in [6, 6.07) is 6.15. The average Bonchev–Trinajstić information content (AvgIpc) is 2.88. The van der Waals surface area contributed by atoms with E-state index < -0.39 is 6.04 Å². The van der Waals surface area contributed by atoms with Gasteiger partial charge in [0.1, 0.15) is 11.8 Å². The van der Waals surface area contributed by atoms with Crippen molar-refractivity contribution in [3.05, 3.63) is 29.8 Å². The van der Waals surface area contributed by atoms with Gasteiger partial charge in [0, 0.05) is 6.54 Å². The van der Waals surface area contributed by atoms with Crippen LogP contribution in [0, 0.1) is 0 Å². The number of ether oxygens (including phenoxy) is 1. The van der Waals surface area contributed by atoms with Gasteiger partial charge in [0.05, 0.1) is 13.0 Å². The molecular formula is C15H19NO4. The fraction of sp³-hybridized carbons (Fsp3) is 0.467. The molecule has 1 saturated heterocycles. The van der Waals surface area contributed by atoms with E-state index in [9.17, 15) is 14.7 Å². The lowest BCUT2D eigenvalue weighted by molar-refractivity contribution is -0.152. The lowest BCUT2D eigenvalue weighted by Crippen LogP contribution is -2.42. The highest BCUT2D eigenvalue weighted by molar-refractivity contribution is 5.86. The fourth-order valence-corrected chi connectivity index (χ4v) is 2.49. The molecule has 5 heteroatoms. The molecule has 1 unspecified atom stereocenters. The van der Waals surface area contributed by atoms with Crippen LogP contribution in [0.3, 0.4) is 0 Å². The molecule has 5 nitrogen and oxygen atoms in total. The minimum atomic E-state index is -0.459. The van der Waals surface area contributed by atoms with Crippen molar-refractivity contribution < 1.29 is 19.4 Å². The quantitative estimate of drug-likeness (QED) is 0.847. The van der Waals surface area contributed by atoms with E-state index in [0.29, 0.717) is 19.6 Å². The van der Waals surface area contributed by atoms with Crippen molar-refractivity contribution >= 4 is 11.9 Å². The number of hydrogen-bond acceptors (Lipinski definition) is 4. The van der Waals surface area contributed by atoms with Crippen molar-refractivity contribution in [1.29, 1.82) is 0 Å². The fourth-order valence-electron chi connectivity index (χ4n) is 2.49. The minimum absolute atomic E-state index is 0.105. The predicted octanol–water partition coefficient (Wildman–Crippen LogP) is 1.49.